The molecule has 0 saturated carbocycles. The van der Waals surface area contributed by atoms with Crippen LogP contribution in [0.1, 0.15) is 71.7 Å². The van der Waals surface area contributed by atoms with Gasteiger partial charge in [-0.3, -0.25) is 0 Å². The molecular weight excluding hydrogens is 583 g/mol. The standard InChI is InChI=1S/C29H29N3.C7H10.C7H8.C2H6/c1-4-5-21-27-30-28-23(3)22(2)15-9-6-14-20-26(29(28)31-27)32(24-16-10-7-11-17-24)25-18-12-8-13-19-25;2*1-7-5-3-2-4-6-7;1-2/h4-5,7-8,10-21H,1,6,9H2,2-3H3,(H,30,31);2-3,5H,4,6H2,1H3;2-6H,1H3;1-2H3/b20-14+,21-5-,22-15+,28-23+,29-26?;;;. The Labute approximate surface area is 289 Å². The van der Waals surface area contributed by atoms with Crippen molar-refractivity contribution in [3.05, 3.63) is 179 Å². The Morgan fingerprint density at radius 3 is 1.83 bits per heavy atom. The predicted octanol–water partition coefficient (Wildman–Crippen LogP) is 11.3. The molecule has 0 saturated heterocycles. The molecule has 1 heterocycles. The second-order valence-electron chi connectivity index (χ2n) is 11.5. The SMILES string of the molecule is C=C/C=C\c1n\c2c([nH]1)=C(N(c1ccccc1)c1ccccc1)/C=C/CC/C=C(C)/C=2C.CC.CC1=CC=CCC1.Cc1ccccc1. The van der Waals surface area contributed by atoms with Gasteiger partial charge in [0.15, 0.2) is 0 Å². The second-order valence-corrected chi connectivity index (χ2v) is 11.5. The fourth-order valence-electron chi connectivity index (χ4n) is 5.13. The molecule has 0 radical (unpaired) electrons. The van der Waals surface area contributed by atoms with Gasteiger partial charge in [-0.05, 0) is 101 Å². The molecule has 3 aromatic carbocycles. The summed E-state index contributed by atoms with van der Waals surface area (Å²) in [5.41, 5.74) is 8.54. The van der Waals surface area contributed by atoms with Crippen molar-refractivity contribution in [3.63, 3.8) is 0 Å². The zero-order valence-electron chi connectivity index (χ0n) is 29.8. The first kappa shape index (κ1) is 37.3. The van der Waals surface area contributed by atoms with E-state index in [1.807, 2.05) is 56.3 Å². The number of aryl methyl sites for hydroxylation is 1. The van der Waals surface area contributed by atoms with Crippen molar-refractivity contribution in [2.45, 2.75) is 67.2 Å². The third kappa shape index (κ3) is 11.6. The van der Waals surface area contributed by atoms with E-state index in [2.05, 4.69) is 141 Å². The number of aromatic amines is 1. The summed E-state index contributed by atoms with van der Waals surface area (Å²) in [6.45, 7) is 16.4. The molecule has 0 amide bonds. The van der Waals surface area contributed by atoms with E-state index in [1.54, 1.807) is 6.08 Å². The highest BCUT2D eigenvalue weighted by molar-refractivity contribution is 5.84. The summed E-state index contributed by atoms with van der Waals surface area (Å²) in [5.74, 6) is 0.813. The Hall–Kier alpha value is -5.15. The number of H-pyrrole nitrogens is 1. The zero-order chi connectivity index (χ0) is 34.6. The van der Waals surface area contributed by atoms with Crippen molar-refractivity contribution < 1.29 is 0 Å². The fourth-order valence-corrected chi connectivity index (χ4v) is 5.13. The Balaban J connectivity index is 0.000000319. The van der Waals surface area contributed by atoms with Gasteiger partial charge >= 0.3 is 0 Å². The maximum absolute atomic E-state index is 4.96. The highest BCUT2D eigenvalue weighted by Gasteiger charge is 2.16. The summed E-state index contributed by atoms with van der Waals surface area (Å²) in [6.07, 6.45) is 23.4. The first-order chi connectivity index (χ1) is 23.5. The van der Waals surface area contributed by atoms with Crippen LogP contribution in [0.15, 0.2) is 157 Å². The molecule has 248 valence electrons. The molecule has 2 aliphatic rings. The van der Waals surface area contributed by atoms with Crippen LogP contribution < -0.4 is 15.6 Å². The number of para-hydroxylation sites is 2. The Kier molecular flexibility index (Phi) is 16.2. The molecule has 3 heteroatoms. The van der Waals surface area contributed by atoms with Gasteiger partial charge in [0.2, 0.25) is 0 Å². The second kappa shape index (κ2) is 20.9. The van der Waals surface area contributed by atoms with E-state index >= 15 is 0 Å². The maximum atomic E-state index is 4.96. The van der Waals surface area contributed by atoms with Gasteiger partial charge in [0.1, 0.15) is 5.82 Å². The molecule has 1 aromatic heterocycles. The number of anilines is 2. The molecule has 6 rings (SSSR count). The van der Waals surface area contributed by atoms with Crippen LogP contribution in [0.5, 0.6) is 0 Å². The number of imidazole rings is 1. The lowest BCUT2D eigenvalue weighted by Gasteiger charge is -2.26. The molecule has 0 spiro atoms. The number of nitrogens with one attached hydrogen (secondary N) is 1. The molecule has 2 aliphatic carbocycles. The van der Waals surface area contributed by atoms with Gasteiger partial charge in [-0.15, -0.1) is 0 Å². The molecule has 0 fully saturated rings. The molecule has 4 aromatic rings. The number of benzene rings is 3. The number of nitrogens with zero attached hydrogens (tertiary/aromatic N) is 2. The number of aromatic nitrogens is 2. The quantitative estimate of drug-likeness (QED) is 0.221. The van der Waals surface area contributed by atoms with E-state index in [-0.39, 0.29) is 0 Å². The number of hydrogen-bond acceptors (Lipinski definition) is 2. The third-order valence-corrected chi connectivity index (χ3v) is 7.81. The van der Waals surface area contributed by atoms with Gasteiger partial charge in [-0.1, -0.05) is 141 Å². The van der Waals surface area contributed by atoms with Crippen molar-refractivity contribution in [2.75, 3.05) is 4.90 Å². The summed E-state index contributed by atoms with van der Waals surface area (Å²) in [7, 11) is 0. The van der Waals surface area contributed by atoms with E-state index in [0.29, 0.717) is 0 Å². The molecule has 48 heavy (non-hydrogen) atoms. The molecule has 0 atom stereocenters. The van der Waals surface area contributed by atoms with Crippen LogP contribution in [-0.2, 0) is 0 Å². The van der Waals surface area contributed by atoms with Crippen molar-refractivity contribution in [1.82, 2.24) is 9.97 Å². The van der Waals surface area contributed by atoms with Gasteiger partial charge in [-0.25, -0.2) is 4.98 Å². The Morgan fingerprint density at radius 2 is 1.35 bits per heavy atom. The summed E-state index contributed by atoms with van der Waals surface area (Å²) in [5, 5.41) is 1.98. The van der Waals surface area contributed by atoms with Gasteiger partial charge in [-0.2, -0.15) is 0 Å². The Morgan fingerprint density at radius 1 is 0.750 bits per heavy atom. The number of fused-ring (bicyclic) bond motifs is 1. The average molecular weight is 636 g/mol. The summed E-state index contributed by atoms with van der Waals surface area (Å²) < 4.78 is 0. The largest absolute Gasteiger partial charge is 0.337 e. The lowest BCUT2D eigenvalue weighted by Crippen LogP contribution is -2.34. The van der Waals surface area contributed by atoms with Crippen molar-refractivity contribution in [3.8, 4) is 0 Å². The van der Waals surface area contributed by atoms with E-state index in [0.717, 1.165) is 46.4 Å². The average Bonchev–Trinajstić information content (AvgIpc) is 3.56. The highest BCUT2D eigenvalue weighted by Crippen LogP contribution is 2.30. The summed E-state index contributed by atoms with van der Waals surface area (Å²) >= 11 is 0. The molecule has 1 N–H and O–H groups in total. The normalized spacial score (nSPS) is 16.6. The highest BCUT2D eigenvalue weighted by atomic mass is 15.2. The molecule has 3 nitrogen and oxygen atoms in total. The predicted molar refractivity (Wildman–Crippen MR) is 211 cm³/mol. The first-order valence-corrected chi connectivity index (χ1v) is 17.2. The van der Waals surface area contributed by atoms with Gasteiger partial charge in [0.05, 0.1) is 16.4 Å². The van der Waals surface area contributed by atoms with Gasteiger partial charge < -0.3 is 9.88 Å². The van der Waals surface area contributed by atoms with Crippen LogP contribution >= 0.6 is 0 Å². The summed E-state index contributed by atoms with van der Waals surface area (Å²) in [6, 6.07) is 31.2. The van der Waals surface area contributed by atoms with Crippen molar-refractivity contribution in [2.24, 2.45) is 0 Å². The lowest BCUT2D eigenvalue weighted by atomic mass is 10.0. The maximum Gasteiger partial charge on any atom is 0.131 e. The fraction of sp³-hybridized carbons (Fsp3) is 0.222. The van der Waals surface area contributed by atoms with Crippen molar-refractivity contribution in [1.29, 1.82) is 0 Å². The van der Waals surface area contributed by atoms with E-state index < -0.39 is 0 Å². The molecule has 0 unspecified atom stereocenters. The minimum absolute atomic E-state index is 0.813. The monoisotopic (exact) mass is 635 g/mol. The molecule has 0 bridgehead atoms. The van der Waals surface area contributed by atoms with E-state index in [9.17, 15) is 0 Å². The van der Waals surface area contributed by atoms with Gasteiger partial charge in [0.25, 0.3) is 0 Å². The third-order valence-electron chi connectivity index (χ3n) is 7.81. The molecular formula is C45H53N3. The Bertz CT molecular complexity index is 1780. The topological polar surface area (TPSA) is 31.9 Å². The minimum Gasteiger partial charge on any atom is -0.337 e. The molecule has 0 aliphatic heterocycles. The van der Waals surface area contributed by atoms with Crippen LogP contribution in [0.4, 0.5) is 11.4 Å². The first-order valence-electron chi connectivity index (χ1n) is 17.2. The minimum atomic E-state index is 0.813. The van der Waals surface area contributed by atoms with Crippen molar-refractivity contribution >= 4 is 28.7 Å². The van der Waals surface area contributed by atoms with Crippen LogP contribution in [0.3, 0.4) is 0 Å². The lowest BCUT2D eigenvalue weighted by molar-refractivity contribution is 0.962. The number of rotatable bonds is 5. The zero-order valence-corrected chi connectivity index (χ0v) is 29.8. The van der Waals surface area contributed by atoms with Gasteiger partial charge in [0, 0.05) is 11.4 Å². The van der Waals surface area contributed by atoms with Crippen LogP contribution in [0.2, 0.25) is 0 Å². The summed E-state index contributed by atoms with van der Waals surface area (Å²) in [4.78, 5) is 10.8. The number of hydrogen-bond donors (Lipinski definition) is 1. The number of allylic oxidation sites excluding steroid dienone is 9. The van der Waals surface area contributed by atoms with Crippen LogP contribution in [-0.4, -0.2) is 9.97 Å². The van der Waals surface area contributed by atoms with E-state index in [1.165, 1.54) is 35.1 Å². The van der Waals surface area contributed by atoms with Crippen LogP contribution in [0, 0.1) is 6.92 Å². The van der Waals surface area contributed by atoms with E-state index in [4.69, 9.17) is 4.98 Å². The van der Waals surface area contributed by atoms with Crippen LogP contribution in [0.25, 0.3) is 17.3 Å². The smallest absolute Gasteiger partial charge is 0.131 e.